The van der Waals surface area contributed by atoms with Crippen LogP contribution in [0.1, 0.15) is 5.56 Å². The van der Waals surface area contributed by atoms with Crippen molar-refractivity contribution in [3.63, 3.8) is 0 Å². The first-order chi connectivity index (χ1) is 9.54. The third kappa shape index (κ3) is 2.86. The second-order valence-corrected chi connectivity index (χ2v) is 4.98. The molecule has 2 rings (SSSR count). The third-order valence-corrected chi connectivity index (χ3v) is 3.55. The minimum atomic E-state index is -0.423. The summed E-state index contributed by atoms with van der Waals surface area (Å²) in [6, 6.07) is 6.37. The summed E-state index contributed by atoms with van der Waals surface area (Å²) in [4.78, 5) is 24.1. The summed E-state index contributed by atoms with van der Waals surface area (Å²) in [6.45, 7) is 3.94. The zero-order chi connectivity index (χ0) is 14.7. The van der Waals surface area contributed by atoms with Crippen LogP contribution in [0.25, 0.3) is 0 Å². The van der Waals surface area contributed by atoms with Crippen molar-refractivity contribution in [1.82, 2.24) is 9.13 Å². The van der Waals surface area contributed by atoms with E-state index in [0.717, 1.165) is 4.57 Å². The van der Waals surface area contributed by atoms with Crippen molar-refractivity contribution in [3.8, 4) is 0 Å². The van der Waals surface area contributed by atoms with Crippen LogP contribution >= 0.6 is 23.2 Å². The van der Waals surface area contributed by atoms with Crippen LogP contribution in [0.2, 0.25) is 10.0 Å². The summed E-state index contributed by atoms with van der Waals surface area (Å²) in [5.41, 5.74) is -0.272. The third-order valence-electron chi connectivity index (χ3n) is 2.84. The van der Waals surface area contributed by atoms with Crippen LogP contribution in [0.4, 0.5) is 0 Å². The van der Waals surface area contributed by atoms with Crippen molar-refractivity contribution < 1.29 is 0 Å². The Morgan fingerprint density at radius 2 is 1.80 bits per heavy atom. The van der Waals surface area contributed by atoms with E-state index in [4.69, 9.17) is 23.2 Å². The first-order valence-electron chi connectivity index (χ1n) is 5.88. The summed E-state index contributed by atoms with van der Waals surface area (Å²) >= 11 is 12.1. The van der Waals surface area contributed by atoms with Gasteiger partial charge < -0.3 is 0 Å². The average molecular weight is 311 g/mol. The zero-order valence-corrected chi connectivity index (χ0v) is 12.1. The molecule has 6 heteroatoms. The van der Waals surface area contributed by atoms with Gasteiger partial charge >= 0.3 is 5.69 Å². The Morgan fingerprint density at radius 3 is 2.40 bits per heavy atom. The number of halogens is 2. The average Bonchev–Trinajstić information content (AvgIpc) is 2.41. The van der Waals surface area contributed by atoms with Crippen molar-refractivity contribution in [1.29, 1.82) is 0 Å². The Kier molecular flexibility index (Phi) is 4.47. The monoisotopic (exact) mass is 310 g/mol. The molecule has 20 heavy (non-hydrogen) atoms. The molecular weight excluding hydrogens is 299 g/mol. The van der Waals surface area contributed by atoms with E-state index < -0.39 is 11.2 Å². The second kappa shape index (κ2) is 6.11. The van der Waals surface area contributed by atoms with Crippen molar-refractivity contribution in [3.05, 3.63) is 79.6 Å². The van der Waals surface area contributed by atoms with Gasteiger partial charge in [0.2, 0.25) is 0 Å². The fourth-order valence-corrected chi connectivity index (χ4v) is 2.34. The fraction of sp³-hybridized carbons (Fsp3) is 0.143. The summed E-state index contributed by atoms with van der Waals surface area (Å²) in [5, 5.41) is 0.839. The maximum Gasteiger partial charge on any atom is 0.331 e. The Bertz CT molecular complexity index is 742. The molecule has 0 N–H and O–H groups in total. The number of benzene rings is 1. The number of hydrogen-bond acceptors (Lipinski definition) is 2. The van der Waals surface area contributed by atoms with E-state index in [1.165, 1.54) is 16.8 Å². The highest BCUT2D eigenvalue weighted by atomic mass is 35.5. The van der Waals surface area contributed by atoms with E-state index in [0.29, 0.717) is 22.2 Å². The van der Waals surface area contributed by atoms with Crippen LogP contribution in [0, 0.1) is 0 Å². The summed E-state index contributed by atoms with van der Waals surface area (Å²) < 4.78 is 2.48. The maximum atomic E-state index is 12.2. The standard InChI is InChI=1S/C14H12Cl2N2O2/c1-2-7-17-8-6-13(19)18(14(17)20)9-10-11(15)4-3-5-12(10)16/h2-6,8H,1,7,9H2. The molecule has 0 aliphatic carbocycles. The van der Waals surface area contributed by atoms with Crippen molar-refractivity contribution in [2.75, 3.05) is 0 Å². The molecule has 0 unspecified atom stereocenters. The normalized spacial score (nSPS) is 10.5. The van der Waals surface area contributed by atoms with Gasteiger partial charge in [-0.1, -0.05) is 35.3 Å². The Morgan fingerprint density at radius 1 is 1.15 bits per heavy atom. The van der Waals surface area contributed by atoms with Gasteiger partial charge in [-0.05, 0) is 12.1 Å². The Balaban J connectivity index is 2.54. The lowest BCUT2D eigenvalue weighted by atomic mass is 10.2. The van der Waals surface area contributed by atoms with E-state index in [9.17, 15) is 9.59 Å². The highest BCUT2D eigenvalue weighted by molar-refractivity contribution is 6.35. The summed E-state index contributed by atoms with van der Waals surface area (Å²) in [7, 11) is 0. The molecule has 0 saturated carbocycles. The topological polar surface area (TPSA) is 44.0 Å². The van der Waals surface area contributed by atoms with Gasteiger partial charge in [-0.2, -0.15) is 0 Å². The predicted molar refractivity (Wildman–Crippen MR) is 80.7 cm³/mol. The van der Waals surface area contributed by atoms with Crippen molar-refractivity contribution in [2.24, 2.45) is 0 Å². The molecule has 0 amide bonds. The molecule has 0 atom stereocenters. The first-order valence-corrected chi connectivity index (χ1v) is 6.64. The molecule has 1 heterocycles. The molecule has 0 fully saturated rings. The largest absolute Gasteiger partial charge is 0.331 e. The smallest absolute Gasteiger partial charge is 0.297 e. The first kappa shape index (κ1) is 14.6. The molecule has 104 valence electrons. The molecule has 0 spiro atoms. The van der Waals surface area contributed by atoms with E-state index in [2.05, 4.69) is 6.58 Å². The quantitative estimate of drug-likeness (QED) is 0.815. The van der Waals surface area contributed by atoms with Crippen molar-refractivity contribution >= 4 is 23.2 Å². The van der Waals surface area contributed by atoms with Gasteiger partial charge in [0.05, 0.1) is 6.54 Å². The molecule has 2 aromatic rings. The van der Waals surface area contributed by atoms with E-state index >= 15 is 0 Å². The molecule has 0 aliphatic heterocycles. The van der Waals surface area contributed by atoms with Crippen LogP contribution in [-0.2, 0) is 13.1 Å². The van der Waals surface area contributed by atoms with Gasteiger partial charge in [0.1, 0.15) is 0 Å². The number of rotatable bonds is 4. The summed E-state index contributed by atoms with van der Waals surface area (Å²) in [6.07, 6.45) is 3.02. The highest BCUT2D eigenvalue weighted by Gasteiger charge is 2.10. The van der Waals surface area contributed by atoms with Gasteiger partial charge in [-0.3, -0.25) is 13.9 Å². The lowest BCUT2D eigenvalue weighted by Gasteiger charge is -2.10. The molecular formula is C14H12Cl2N2O2. The lowest BCUT2D eigenvalue weighted by Crippen LogP contribution is -2.39. The molecule has 0 aliphatic rings. The molecule has 0 bridgehead atoms. The number of allylic oxidation sites excluding steroid dienone is 1. The van der Waals surface area contributed by atoms with Crippen molar-refractivity contribution in [2.45, 2.75) is 13.1 Å². The maximum absolute atomic E-state index is 12.2. The lowest BCUT2D eigenvalue weighted by molar-refractivity contribution is 0.618. The number of aromatic nitrogens is 2. The van der Waals surface area contributed by atoms with Gasteiger partial charge in [-0.25, -0.2) is 4.79 Å². The molecule has 1 aromatic heterocycles. The van der Waals surface area contributed by atoms with Crippen LogP contribution in [0.5, 0.6) is 0 Å². The Hall–Kier alpha value is -1.78. The van der Waals surface area contributed by atoms with Gasteiger partial charge in [0.15, 0.2) is 0 Å². The van der Waals surface area contributed by atoms with E-state index in [1.54, 1.807) is 24.3 Å². The zero-order valence-electron chi connectivity index (χ0n) is 10.6. The summed E-state index contributed by atoms with van der Waals surface area (Å²) in [5.74, 6) is 0. The minimum absolute atomic E-state index is 0.0359. The van der Waals surface area contributed by atoms with E-state index in [1.807, 2.05) is 0 Å². The molecule has 4 nitrogen and oxygen atoms in total. The SMILES string of the molecule is C=CCn1ccc(=O)n(Cc2c(Cl)cccc2Cl)c1=O. The molecule has 1 aromatic carbocycles. The molecule has 0 saturated heterocycles. The van der Waals surface area contributed by atoms with Gasteiger partial charge in [-0.15, -0.1) is 6.58 Å². The van der Waals surface area contributed by atoms with Gasteiger partial charge in [0, 0.05) is 34.4 Å². The van der Waals surface area contributed by atoms with Crippen LogP contribution in [0.3, 0.4) is 0 Å². The highest BCUT2D eigenvalue weighted by Crippen LogP contribution is 2.24. The Labute approximate surface area is 125 Å². The predicted octanol–water partition coefficient (Wildman–Crippen LogP) is 2.55. The van der Waals surface area contributed by atoms with Crippen LogP contribution < -0.4 is 11.2 Å². The minimum Gasteiger partial charge on any atom is -0.297 e. The number of hydrogen-bond donors (Lipinski definition) is 0. The second-order valence-electron chi connectivity index (χ2n) is 4.16. The fourth-order valence-electron chi connectivity index (χ4n) is 1.82. The van der Waals surface area contributed by atoms with E-state index in [-0.39, 0.29) is 6.54 Å². The van der Waals surface area contributed by atoms with Crippen LogP contribution in [-0.4, -0.2) is 9.13 Å². The number of nitrogens with zero attached hydrogens (tertiary/aromatic N) is 2. The van der Waals surface area contributed by atoms with Crippen LogP contribution in [0.15, 0.2) is 52.7 Å². The molecule has 0 radical (unpaired) electrons. The van der Waals surface area contributed by atoms with Gasteiger partial charge in [0.25, 0.3) is 5.56 Å².